The fourth-order valence-electron chi connectivity index (χ4n) is 2.58. The van der Waals surface area contributed by atoms with Gasteiger partial charge >= 0.3 is 0 Å². The summed E-state index contributed by atoms with van der Waals surface area (Å²) in [6.45, 7) is 1.94. The van der Waals surface area contributed by atoms with Gasteiger partial charge in [-0.25, -0.2) is 4.39 Å². The Morgan fingerprint density at radius 1 is 1.20 bits per heavy atom. The Kier molecular flexibility index (Phi) is 3.52. The van der Waals surface area contributed by atoms with Crippen molar-refractivity contribution in [2.45, 2.75) is 25.5 Å². The van der Waals surface area contributed by atoms with Gasteiger partial charge in [0.2, 0.25) is 0 Å². The predicted molar refractivity (Wildman–Crippen MR) is 80.2 cm³/mol. The van der Waals surface area contributed by atoms with E-state index < -0.39 is 0 Å². The lowest BCUT2D eigenvalue weighted by Gasteiger charge is -2.31. The lowest BCUT2D eigenvalue weighted by Crippen LogP contribution is -2.24. The quantitative estimate of drug-likeness (QED) is 0.837. The summed E-state index contributed by atoms with van der Waals surface area (Å²) in [5, 5.41) is 0. The Morgan fingerprint density at radius 2 is 2.00 bits per heavy atom. The summed E-state index contributed by atoms with van der Waals surface area (Å²) in [6.07, 6.45) is 0.239. The molecule has 0 fully saturated rings. The molecule has 4 heteroatoms. The van der Waals surface area contributed by atoms with Crippen molar-refractivity contribution in [3.05, 3.63) is 63.4 Å². The molecular formula is C16H15BrFNO. The lowest BCUT2D eigenvalue weighted by molar-refractivity contribution is 0.157. The molecule has 0 radical (unpaired) electrons. The number of hydrogen-bond donors (Lipinski definition) is 1. The maximum atomic E-state index is 14.0. The molecule has 0 amide bonds. The fourth-order valence-corrected chi connectivity index (χ4v) is 2.95. The molecule has 1 unspecified atom stereocenters. The molecule has 0 spiro atoms. The average Bonchev–Trinajstić information content (AvgIpc) is 2.42. The first-order chi connectivity index (χ1) is 9.54. The van der Waals surface area contributed by atoms with Crippen LogP contribution in [0.15, 0.2) is 40.9 Å². The maximum Gasteiger partial charge on any atom is 0.130 e. The number of fused-ring (bicyclic) bond motifs is 1. The van der Waals surface area contributed by atoms with Gasteiger partial charge in [-0.2, -0.15) is 0 Å². The first-order valence-electron chi connectivity index (χ1n) is 6.52. The van der Waals surface area contributed by atoms with Crippen LogP contribution in [0, 0.1) is 12.7 Å². The van der Waals surface area contributed by atoms with Crippen molar-refractivity contribution in [3.63, 3.8) is 0 Å². The van der Waals surface area contributed by atoms with Crippen molar-refractivity contribution in [3.8, 4) is 5.75 Å². The summed E-state index contributed by atoms with van der Waals surface area (Å²) in [7, 11) is 0. The molecule has 1 aliphatic heterocycles. The van der Waals surface area contributed by atoms with Crippen LogP contribution in [-0.4, -0.2) is 0 Å². The second-order valence-corrected chi connectivity index (χ2v) is 6.07. The van der Waals surface area contributed by atoms with Crippen molar-refractivity contribution in [2.24, 2.45) is 5.73 Å². The van der Waals surface area contributed by atoms with Gasteiger partial charge in [-0.1, -0.05) is 27.6 Å². The van der Waals surface area contributed by atoms with Crippen LogP contribution in [0.2, 0.25) is 0 Å². The van der Waals surface area contributed by atoms with Crippen LogP contribution in [0.5, 0.6) is 5.75 Å². The van der Waals surface area contributed by atoms with Gasteiger partial charge in [-0.3, -0.25) is 0 Å². The van der Waals surface area contributed by atoms with Crippen LogP contribution in [0.3, 0.4) is 0 Å². The Hall–Kier alpha value is -1.39. The van der Waals surface area contributed by atoms with Crippen molar-refractivity contribution < 1.29 is 9.13 Å². The average molecular weight is 336 g/mol. The number of hydrogen-bond acceptors (Lipinski definition) is 2. The molecule has 104 valence electrons. The number of rotatable bonds is 1. The first kappa shape index (κ1) is 13.6. The van der Waals surface area contributed by atoms with Crippen LogP contribution in [0.4, 0.5) is 4.39 Å². The Bertz CT molecular complexity index is 659. The smallest absolute Gasteiger partial charge is 0.130 e. The molecule has 0 bridgehead atoms. The third kappa shape index (κ3) is 2.45. The van der Waals surface area contributed by atoms with E-state index in [9.17, 15) is 4.39 Å². The van der Waals surface area contributed by atoms with Crippen molar-refractivity contribution in [2.75, 3.05) is 0 Å². The summed E-state index contributed by atoms with van der Waals surface area (Å²) in [5.74, 6) is 0.492. The SMILES string of the molecule is Cc1ccc(F)c(C2C[C@H](N)c3cc(Br)ccc3O2)c1. The van der Waals surface area contributed by atoms with E-state index in [0.29, 0.717) is 12.0 Å². The van der Waals surface area contributed by atoms with Crippen LogP contribution >= 0.6 is 15.9 Å². The zero-order valence-electron chi connectivity index (χ0n) is 11.1. The van der Waals surface area contributed by atoms with Crippen LogP contribution < -0.4 is 10.5 Å². The normalized spacial score (nSPS) is 21.2. The second-order valence-electron chi connectivity index (χ2n) is 5.16. The molecule has 0 saturated heterocycles. The fraction of sp³-hybridized carbons (Fsp3) is 0.250. The topological polar surface area (TPSA) is 35.2 Å². The molecule has 0 aromatic heterocycles. The molecule has 0 aliphatic carbocycles. The van der Waals surface area contributed by atoms with E-state index in [4.69, 9.17) is 10.5 Å². The van der Waals surface area contributed by atoms with Crippen LogP contribution in [-0.2, 0) is 0 Å². The molecular weight excluding hydrogens is 321 g/mol. The minimum Gasteiger partial charge on any atom is -0.485 e. The molecule has 3 rings (SSSR count). The third-order valence-corrected chi connectivity index (χ3v) is 4.10. The number of ether oxygens (including phenoxy) is 1. The van der Waals surface area contributed by atoms with E-state index in [0.717, 1.165) is 21.3 Å². The number of nitrogens with two attached hydrogens (primary N) is 1. The highest BCUT2D eigenvalue weighted by atomic mass is 79.9. The molecule has 20 heavy (non-hydrogen) atoms. The van der Waals surface area contributed by atoms with Crippen LogP contribution in [0.1, 0.15) is 35.3 Å². The van der Waals surface area contributed by atoms with E-state index in [1.54, 1.807) is 6.07 Å². The van der Waals surface area contributed by atoms with Crippen molar-refractivity contribution >= 4 is 15.9 Å². The highest BCUT2D eigenvalue weighted by molar-refractivity contribution is 9.10. The Labute approximate surface area is 125 Å². The Balaban J connectivity index is 1.99. The van der Waals surface area contributed by atoms with Gasteiger partial charge < -0.3 is 10.5 Å². The zero-order valence-corrected chi connectivity index (χ0v) is 12.7. The molecule has 2 N–H and O–H groups in total. The predicted octanol–water partition coefficient (Wildman–Crippen LogP) is 4.42. The lowest BCUT2D eigenvalue weighted by atomic mass is 9.93. The van der Waals surface area contributed by atoms with Gasteiger partial charge in [0, 0.05) is 28.1 Å². The van der Waals surface area contributed by atoms with E-state index in [1.807, 2.05) is 31.2 Å². The van der Waals surface area contributed by atoms with Crippen LogP contribution in [0.25, 0.3) is 0 Å². The number of benzene rings is 2. The highest BCUT2D eigenvalue weighted by Crippen LogP contribution is 2.41. The minimum absolute atomic E-state index is 0.152. The number of aryl methyl sites for hydroxylation is 1. The standard InChI is InChI=1S/C16H15BrFNO/c1-9-2-4-13(18)11(6-9)16-8-14(19)12-7-10(17)3-5-15(12)20-16/h2-7,14,16H,8,19H2,1H3/t14-,16?/m0/s1. The van der Waals surface area contributed by atoms with E-state index in [2.05, 4.69) is 15.9 Å². The van der Waals surface area contributed by atoms with E-state index >= 15 is 0 Å². The third-order valence-electron chi connectivity index (χ3n) is 3.61. The summed E-state index contributed by atoms with van der Waals surface area (Å²) in [6, 6.07) is 10.7. The zero-order chi connectivity index (χ0) is 14.3. The molecule has 1 aliphatic rings. The highest BCUT2D eigenvalue weighted by Gasteiger charge is 2.28. The molecule has 2 aromatic carbocycles. The summed E-state index contributed by atoms with van der Waals surface area (Å²) in [5.41, 5.74) is 8.76. The van der Waals surface area contributed by atoms with Gasteiger partial charge in [-0.15, -0.1) is 0 Å². The molecule has 0 saturated carbocycles. The first-order valence-corrected chi connectivity index (χ1v) is 7.31. The van der Waals surface area contributed by atoms with E-state index in [-0.39, 0.29) is 18.0 Å². The number of halogens is 2. The van der Waals surface area contributed by atoms with Crippen molar-refractivity contribution in [1.29, 1.82) is 0 Å². The monoisotopic (exact) mass is 335 g/mol. The summed E-state index contributed by atoms with van der Waals surface area (Å²) < 4.78 is 20.9. The van der Waals surface area contributed by atoms with Gasteiger partial charge in [0.25, 0.3) is 0 Å². The minimum atomic E-state index is -0.335. The van der Waals surface area contributed by atoms with Gasteiger partial charge in [0.1, 0.15) is 17.7 Å². The molecule has 2 atom stereocenters. The summed E-state index contributed by atoms with van der Waals surface area (Å²) >= 11 is 3.43. The molecule has 2 nitrogen and oxygen atoms in total. The van der Waals surface area contributed by atoms with E-state index in [1.165, 1.54) is 6.07 Å². The van der Waals surface area contributed by atoms with Gasteiger partial charge in [0.05, 0.1) is 0 Å². The second kappa shape index (κ2) is 5.19. The van der Waals surface area contributed by atoms with Gasteiger partial charge in [0.15, 0.2) is 0 Å². The Morgan fingerprint density at radius 3 is 2.80 bits per heavy atom. The molecule has 1 heterocycles. The maximum absolute atomic E-state index is 14.0. The largest absolute Gasteiger partial charge is 0.485 e. The van der Waals surface area contributed by atoms with Crippen molar-refractivity contribution in [1.82, 2.24) is 0 Å². The molecule has 2 aromatic rings. The van der Waals surface area contributed by atoms with Gasteiger partial charge in [-0.05, 0) is 37.3 Å². The summed E-state index contributed by atoms with van der Waals surface area (Å²) in [4.78, 5) is 0.